The summed E-state index contributed by atoms with van der Waals surface area (Å²) in [7, 11) is 3.39. The molecule has 1 fully saturated rings. The van der Waals surface area contributed by atoms with E-state index in [0.717, 1.165) is 37.2 Å². The number of carbonyl (C=O) groups is 2. The van der Waals surface area contributed by atoms with Gasteiger partial charge >= 0.3 is 11.9 Å². The summed E-state index contributed by atoms with van der Waals surface area (Å²) < 4.78 is 10.7. The summed E-state index contributed by atoms with van der Waals surface area (Å²) in [5, 5.41) is 3.19. The summed E-state index contributed by atoms with van der Waals surface area (Å²) in [5.41, 5.74) is 3.86. The Morgan fingerprint density at radius 2 is 1.70 bits per heavy atom. The molecule has 2 aliphatic rings. The number of carbonyl (C=O) groups excluding carboxylic acids is 2. The molecule has 1 N–H and O–H groups in total. The van der Waals surface area contributed by atoms with Gasteiger partial charge in [0.05, 0.1) is 18.3 Å². The molecule has 1 atom stereocenters. The van der Waals surface area contributed by atoms with Crippen LogP contribution in [0, 0.1) is 11.8 Å². The third kappa shape index (κ3) is 4.93. The average molecular weight is 413 g/mol. The zero-order valence-electron chi connectivity index (χ0n) is 18.4. The second-order valence-corrected chi connectivity index (χ2v) is 8.22. The van der Waals surface area contributed by atoms with Crippen LogP contribution in [-0.2, 0) is 25.6 Å². The highest BCUT2D eigenvalue weighted by Gasteiger charge is 2.43. The van der Waals surface area contributed by atoms with Gasteiger partial charge in [0.25, 0.3) is 0 Å². The minimum Gasteiger partial charge on any atom is -0.466 e. The first-order chi connectivity index (χ1) is 14.4. The highest BCUT2D eigenvalue weighted by Crippen LogP contribution is 2.44. The van der Waals surface area contributed by atoms with E-state index in [2.05, 4.69) is 22.3 Å². The Bertz CT molecular complexity index is 840. The summed E-state index contributed by atoms with van der Waals surface area (Å²) in [4.78, 5) is 27.7. The predicted octanol–water partition coefficient (Wildman–Crippen LogP) is 3.40. The van der Waals surface area contributed by atoms with E-state index in [0.29, 0.717) is 24.3 Å². The first-order valence-electron chi connectivity index (χ1n) is 10.6. The van der Waals surface area contributed by atoms with E-state index in [4.69, 9.17) is 9.47 Å². The summed E-state index contributed by atoms with van der Waals surface area (Å²) in [6, 6.07) is 10.2. The molecule has 0 aromatic heterocycles. The standard InChI is InChI=1S/C24H32N2O4/c1-16-20(23(27)29-4)22(19-11-8-12-19)21(17(2)25-16)24(28)30-14-13-26(3)15-18-9-6-5-7-10-18/h5-7,9-10,19,22,25H,8,11-15H2,1-4H3. The van der Waals surface area contributed by atoms with Gasteiger partial charge in [-0.1, -0.05) is 36.8 Å². The molecule has 3 rings (SSSR count). The average Bonchev–Trinajstić information content (AvgIpc) is 2.66. The lowest BCUT2D eigenvalue weighted by Gasteiger charge is -2.39. The first-order valence-corrected chi connectivity index (χ1v) is 10.6. The molecule has 0 amide bonds. The van der Waals surface area contributed by atoms with Gasteiger partial charge in [-0.25, -0.2) is 9.59 Å². The van der Waals surface area contributed by atoms with Crippen LogP contribution in [0.1, 0.15) is 38.7 Å². The van der Waals surface area contributed by atoms with Crippen LogP contribution in [0.2, 0.25) is 0 Å². The Hall–Kier alpha value is -2.60. The van der Waals surface area contributed by atoms with E-state index in [1.165, 1.54) is 12.7 Å². The fraction of sp³-hybridized carbons (Fsp3) is 0.500. The smallest absolute Gasteiger partial charge is 0.336 e. The van der Waals surface area contributed by atoms with Crippen LogP contribution < -0.4 is 5.32 Å². The van der Waals surface area contributed by atoms with Gasteiger partial charge in [-0.2, -0.15) is 0 Å². The molecule has 1 aromatic carbocycles. The van der Waals surface area contributed by atoms with Gasteiger partial charge in [-0.3, -0.25) is 4.90 Å². The third-order valence-electron chi connectivity index (χ3n) is 6.05. The number of dihydropyridines is 1. The second kappa shape index (κ2) is 9.94. The number of esters is 2. The van der Waals surface area contributed by atoms with Gasteiger partial charge in [-0.15, -0.1) is 0 Å². The summed E-state index contributed by atoms with van der Waals surface area (Å²) in [6.45, 7) is 5.46. The van der Waals surface area contributed by atoms with E-state index < -0.39 is 0 Å². The maximum Gasteiger partial charge on any atom is 0.336 e. The number of ether oxygens (including phenoxy) is 2. The molecule has 0 bridgehead atoms. The number of hydrogen-bond acceptors (Lipinski definition) is 6. The Kier molecular flexibility index (Phi) is 7.32. The molecule has 1 unspecified atom stereocenters. The van der Waals surface area contributed by atoms with Gasteiger partial charge < -0.3 is 14.8 Å². The van der Waals surface area contributed by atoms with E-state index in [1.54, 1.807) is 0 Å². The number of rotatable bonds is 8. The van der Waals surface area contributed by atoms with Crippen molar-refractivity contribution in [2.45, 2.75) is 39.7 Å². The molecule has 1 heterocycles. The van der Waals surface area contributed by atoms with Crippen molar-refractivity contribution >= 4 is 11.9 Å². The number of nitrogens with zero attached hydrogens (tertiary/aromatic N) is 1. The molecule has 0 saturated heterocycles. The molecule has 1 saturated carbocycles. The van der Waals surface area contributed by atoms with Crippen molar-refractivity contribution in [3.8, 4) is 0 Å². The van der Waals surface area contributed by atoms with E-state index in [9.17, 15) is 9.59 Å². The van der Waals surface area contributed by atoms with Crippen molar-refractivity contribution in [2.75, 3.05) is 27.3 Å². The third-order valence-corrected chi connectivity index (χ3v) is 6.05. The normalized spacial score (nSPS) is 19.4. The van der Waals surface area contributed by atoms with Crippen LogP contribution in [0.4, 0.5) is 0 Å². The lowest BCUT2D eigenvalue weighted by atomic mass is 9.68. The summed E-state index contributed by atoms with van der Waals surface area (Å²) >= 11 is 0. The molecule has 0 radical (unpaired) electrons. The number of methoxy groups -OCH3 is 1. The number of nitrogens with one attached hydrogen (secondary N) is 1. The Balaban J connectivity index is 1.65. The van der Waals surface area contributed by atoms with Crippen LogP contribution in [0.25, 0.3) is 0 Å². The fourth-order valence-electron chi connectivity index (χ4n) is 4.29. The van der Waals surface area contributed by atoms with Crippen molar-refractivity contribution in [3.63, 3.8) is 0 Å². The van der Waals surface area contributed by atoms with Crippen LogP contribution in [0.3, 0.4) is 0 Å². The van der Waals surface area contributed by atoms with E-state index in [-0.39, 0.29) is 23.8 Å². The minimum absolute atomic E-state index is 0.262. The topological polar surface area (TPSA) is 67.9 Å². The largest absolute Gasteiger partial charge is 0.466 e. The predicted molar refractivity (Wildman–Crippen MR) is 115 cm³/mol. The lowest BCUT2D eigenvalue weighted by molar-refractivity contribution is -0.140. The minimum atomic E-state index is -0.378. The molecule has 0 spiro atoms. The SMILES string of the molecule is COC(=O)C1=C(C)NC(C)=C(C(=O)OCCN(C)Cc2ccccc2)C1C1CCC1. The molecule has 6 heteroatoms. The molecular formula is C24H32N2O4. The highest BCUT2D eigenvalue weighted by molar-refractivity contribution is 5.97. The van der Waals surface area contributed by atoms with Crippen LogP contribution in [0.15, 0.2) is 52.9 Å². The van der Waals surface area contributed by atoms with Crippen molar-refractivity contribution < 1.29 is 19.1 Å². The molecule has 162 valence electrons. The van der Waals surface area contributed by atoms with Crippen molar-refractivity contribution in [1.29, 1.82) is 0 Å². The number of likely N-dealkylation sites (N-methyl/N-ethyl adjacent to an activating group) is 1. The molecule has 1 aromatic rings. The van der Waals surface area contributed by atoms with Gasteiger partial charge in [-0.05, 0) is 45.2 Å². The van der Waals surface area contributed by atoms with Crippen molar-refractivity contribution in [3.05, 3.63) is 58.4 Å². The quantitative estimate of drug-likeness (QED) is 0.660. The van der Waals surface area contributed by atoms with Crippen LogP contribution in [-0.4, -0.2) is 44.1 Å². The maximum absolute atomic E-state index is 13.1. The number of benzene rings is 1. The Morgan fingerprint density at radius 1 is 1.07 bits per heavy atom. The molecule has 1 aliphatic heterocycles. The van der Waals surface area contributed by atoms with Gasteiger partial charge in [0, 0.05) is 30.4 Å². The maximum atomic E-state index is 13.1. The van der Waals surface area contributed by atoms with Gasteiger partial charge in [0.15, 0.2) is 0 Å². The zero-order valence-corrected chi connectivity index (χ0v) is 18.4. The number of allylic oxidation sites excluding steroid dienone is 2. The lowest BCUT2D eigenvalue weighted by Crippen LogP contribution is -2.39. The molecule has 30 heavy (non-hydrogen) atoms. The van der Waals surface area contributed by atoms with Gasteiger partial charge in [0.1, 0.15) is 6.61 Å². The molecule has 1 aliphatic carbocycles. The fourth-order valence-corrected chi connectivity index (χ4v) is 4.29. The molecule has 6 nitrogen and oxygen atoms in total. The molecular weight excluding hydrogens is 380 g/mol. The van der Waals surface area contributed by atoms with Crippen LogP contribution in [0.5, 0.6) is 0 Å². The Labute approximate surface area is 178 Å². The Morgan fingerprint density at radius 3 is 2.27 bits per heavy atom. The second-order valence-electron chi connectivity index (χ2n) is 8.22. The first kappa shape index (κ1) is 22.1. The summed E-state index contributed by atoms with van der Waals surface area (Å²) in [6.07, 6.45) is 3.12. The van der Waals surface area contributed by atoms with Crippen molar-refractivity contribution in [2.24, 2.45) is 11.8 Å². The van der Waals surface area contributed by atoms with Gasteiger partial charge in [0.2, 0.25) is 0 Å². The van der Waals surface area contributed by atoms with E-state index in [1.807, 2.05) is 39.1 Å². The number of hydrogen-bond donors (Lipinski definition) is 1. The van der Waals surface area contributed by atoms with E-state index >= 15 is 0 Å². The summed E-state index contributed by atoms with van der Waals surface area (Å²) in [5.74, 6) is -0.715. The van der Waals surface area contributed by atoms with Crippen LogP contribution >= 0.6 is 0 Å². The van der Waals surface area contributed by atoms with Crippen molar-refractivity contribution in [1.82, 2.24) is 10.2 Å². The highest BCUT2D eigenvalue weighted by atomic mass is 16.5. The monoisotopic (exact) mass is 412 g/mol. The zero-order chi connectivity index (χ0) is 21.7.